The summed E-state index contributed by atoms with van der Waals surface area (Å²) in [4.78, 5) is 14.0. The van der Waals surface area contributed by atoms with Crippen LogP contribution in [0.3, 0.4) is 0 Å². The Morgan fingerprint density at radius 2 is 1.26 bits per heavy atom. The van der Waals surface area contributed by atoms with Crippen molar-refractivity contribution in [2.45, 2.75) is 0 Å². The third-order valence-electron chi connectivity index (χ3n) is 3.38. The maximum atomic E-state index is 12.0. The Morgan fingerprint density at radius 3 is 1.79 bits per heavy atom. The maximum absolute atomic E-state index is 12.0. The lowest BCUT2D eigenvalue weighted by molar-refractivity contribution is 1.13. The van der Waals surface area contributed by atoms with Gasteiger partial charge in [-0.05, 0) is 23.3 Å². The molecule has 0 spiro atoms. The van der Waals surface area contributed by atoms with Gasteiger partial charge >= 0.3 is 0 Å². The van der Waals surface area contributed by atoms with E-state index in [0.717, 1.165) is 27.9 Å². The summed E-state index contributed by atoms with van der Waals surface area (Å²) in [5, 5.41) is 0. The largest absolute Gasteiger partial charge is 0.378 e. The van der Waals surface area contributed by atoms with Crippen LogP contribution in [0, 0.1) is 0 Å². The van der Waals surface area contributed by atoms with Gasteiger partial charge in [-0.25, -0.2) is 0 Å². The standard InChI is InChI=1S/C17H15NO/c1-18(2)14-10-8-13(9-11-14)16-15(17(16)19)12-6-4-3-5-7-12/h3-11H,1-2H3. The van der Waals surface area contributed by atoms with E-state index in [2.05, 4.69) is 0 Å². The van der Waals surface area contributed by atoms with Crippen molar-refractivity contribution in [2.24, 2.45) is 0 Å². The Bertz CT molecular complexity index is 701. The van der Waals surface area contributed by atoms with Gasteiger partial charge in [-0.2, -0.15) is 0 Å². The van der Waals surface area contributed by atoms with E-state index < -0.39 is 0 Å². The van der Waals surface area contributed by atoms with Gasteiger partial charge in [0.05, 0.1) is 0 Å². The summed E-state index contributed by atoms with van der Waals surface area (Å²) in [5.74, 6) is 0. The average molecular weight is 249 g/mol. The Kier molecular flexibility index (Phi) is 2.71. The molecular formula is C17H15NO. The normalized spacial score (nSPS) is 10.8. The highest BCUT2D eigenvalue weighted by molar-refractivity contribution is 5.94. The summed E-state index contributed by atoms with van der Waals surface area (Å²) in [7, 11) is 4.01. The van der Waals surface area contributed by atoms with Crippen molar-refractivity contribution < 1.29 is 0 Å². The van der Waals surface area contributed by atoms with Gasteiger partial charge in [-0.1, -0.05) is 42.5 Å². The zero-order valence-electron chi connectivity index (χ0n) is 11.1. The number of hydrogen-bond donors (Lipinski definition) is 0. The summed E-state index contributed by atoms with van der Waals surface area (Å²) in [6.07, 6.45) is 0. The van der Waals surface area contributed by atoms with Gasteiger partial charge in [0.15, 0.2) is 5.43 Å². The highest BCUT2D eigenvalue weighted by Gasteiger charge is 2.24. The predicted molar refractivity (Wildman–Crippen MR) is 80.3 cm³/mol. The molecule has 0 atom stereocenters. The lowest BCUT2D eigenvalue weighted by Gasteiger charge is -2.11. The fourth-order valence-corrected chi connectivity index (χ4v) is 2.25. The predicted octanol–water partition coefficient (Wildman–Crippen LogP) is 3.32. The molecule has 0 heterocycles. The molecule has 0 unspecified atom stereocenters. The van der Waals surface area contributed by atoms with Gasteiger partial charge in [0.1, 0.15) is 0 Å². The first-order valence-electron chi connectivity index (χ1n) is 6.30. The molecule has 0 amide bonds. The van der Waals surface area contributed by atoms with Crippen molar-refractivity contribution in [1.29, 1.82) is 0 Å². The second-order valence-corrected chi connectivity index (χ2v) is 4.89. The van der Waals surface area contributed by atoms with Gasteiger partial charge in [-0.15, -0.1) is 0 Å². The quantitative estimate of drug-likeness (QED) is 0.709. The molecule has 3 rings (SSSR count). The summed E-state index contributed by atoms with van der Waals surface area (Å²) >= 11 is 0. The molecule has 0 saturated heterocycles. The van der Waals surface area contributed by atoms with E-state index in [-0.39, 0.29) is 5.43 Å². The second-order valence-electron chi connectivity index (χ2n) is 4.89. The van der Waals surface area contributed by atoms with Crippen LogP contribution >= 0.6 is 0 Å². The van der Waals surface area contributed by atoms with E-state index in [1.54, 1.807) is 0 Å². The lowest BCUT2D eigenvalue weighted by Crippen LogP contribution is -2.07. The first-order chi connectivity index (χ1) is 9.18. The smallest absolute Gasteiger partial charge is 0.195 e. The zero-order valence-corrected chi connectivity index (χ0v) is 11.1. The van der Waals surface area contributed by atoms with Crippen molar-refractivity contribution in [3.8, 4) is 22.3 Å². The fraction of sp³-hybridized carbons (Fsp3) is 0.118. The van der Waals surface area contributed by atoms with Crippen molar-refractivity contribution in [3.63, 3.8) is 0 Å². The van der Waals surface area contributed by atoms with Crippen LogP contribution < -0.4 is 10.3 Å². The highest BCUT2D eigenvalue weighted by atomic mass is 16.1. The topological polar surface area (TPSA) is 20.3 Å². The van der Waals surface area contributed by atoms with Gasteiger partial charge in [0.25, 0.3) is 0 Å². The van der Waals surface area contributed by atoms with Crippen LogP contribution in [-0.4, -0.2) is 14.1 Å². The Balaban J connectivity index is 1.95. The molecule has 3 aromatic carbocycles. The van der Waals surface area contributed by atoms with E-state index in [1.807, 2.05) is 73.6 Å². The first kappa shape index (κ1) is 11.7. The van der Waals surface area contributed by atoms with E-state index in [1.165, 1.54) is 0 Å². The molecule has 0 aliphatic carbocycles. The van der Waals surface area contributed by atoms with Crippen LogP contribution in [0.15, 0.2) is 59.4 Å². The molecule has 0 aromatic heterocycles. The number of anilines is 1. The second kappa shape index (κ2) is 4.39. The molecule has 0 N–H and O–H groups in total. The fourth-order valence-electron chi connectivity index (χ4n) is 2.25. The number of hydrogen-bond acceptors (Lipinski definition) is 2. The van der Waals surface area contributed by atoms with Crippen molar-refractivity contribution in [1.82, 2.24) is 0 Å². The molecule has 0 saturated carbocycles. The van der Waals surface area contributed by atoms with Gasteiger partial charge < -0.3 is 4.90 Å². The molecule has 0 fully saturated rings. The minimum absolute atomic E-state index is 0.170. The highest BCUT2D eigenvalue weighted by Crippen LogP contribution is 2.34. The Hall–Kier alpha value is -2.35. The van der Waals surface area contributed by atoms with Crippen LogP contribution in [0.4, 0.5) is 5.69 Å². The molecule has 2 nitrogen and oxygen atoms in total. The van der Waals surface area contributed by atoms with Gasteiger partial charge in [-0.3, -0.25) is 4.79 Å². The van der Waals surface area contributed by atoms with E-state index in [9.17, 15) is 4.79 Å². The third kappa shape index (κ3) is 2.06. The molecule has 94 valence electrons. The van der Waals surface area contributed by atoms with Gasteiger partial charge in [0, 0.05) is 30.9 Å². The van der Waals surface area contributed by atoms with Crippen LogP contribution in [0.1, 0.15) is 0 Å². The summed E-state index contributed by atoms with van der Waals surface area (Å²) in [6.45, 7) is 0. The average Bonchev–Trinajstić information content (AvgIpc) is 3.11. The molecular weight excluding hydrogens is 234 g/mol. The minimum atomic E-state index is 0.170. The molecule has 0 radical (unpaired) electrons. The van der Waals surface area contributed by atoms with Crippen LogP contribution in [0.5, 0.6) is 0 Å². The lowest BCUT2D eigenvalue weighted by atomic mass is 10.1. The van der Waals surface area contributed by atoms with E-state index >= 15 is 0 Å². The summed E-state index contributed by atoms with van der Waals surface area (Å²) < 4.78 is 0. The molecule has 0 aliphatic heterocycles. The number of rotatable bonds is 3. The molecule has 3 aromatic rings. The monoisotopic (exact) mass is 249 g/mol. The van der Waals surface area contributed by atoms with Gasteiger partial charge in [0.2, 0.25) is 0 Å². The van der Waals surface area contributed by atoms with Crippen molar-refractivity contribution in [3.05, 3.63) is 64.8 Å². The Morgan fingerprint density at radius 1 is 0.737 bits per heavy atom. The van der Waals surface area contributed by atoms with E-state index in [0.29, 0.717) is 0 Å². The molecule has 19 heavy (non-hydrogen) atoms. The van der Waals surface area contributed by atoms with E-state index in [4.69, 9.17) is 0 Å². The van der Waals surface area contributed by atoms with Crippen molar-refractivity contribution >= 4 is 5.69 Å². The minimum Gasteiger partial charge on any atom is -0.378 e. The first-order valence-corrected chi connectivity index (χ1v) is 6.30. The molecule has 0 bridgehead atoms. The van der Waals surface area contributed by atoms with Crippen LogP contribution in [0.2, 0.25) is 0 Å². The zero-order chi connectivity index (χ0) is 13.4. The SMILES string of the molecule is CN(C)c1ccc(-c2c(-c3ccccc3)c2=O)cc1. The Labute approximate surface area is 112 Å². The third-order valence-corrected chi connectivity index (χ3v) is 3.38. The van der Waals surface area contributed by atoms with Crippen LogP contribution in [0.25, 0.3) is 22.3 Å². The maximum Gasteiger partial charge on any atom is 0.195 e. The van der Waals surface area contributed by atoms with Crippen molar-refractivity contribution in [2.75, 3.05) is 19.0 Å². The summed E-state index contributed by atoms with van der Waals surface area (Å²) in [5.41, 5.74) is 5.05. The summed E-state index contributed by atoms with van der Waals surface area (Å²) in [6, 6.07) is 17.9. The van der Waals surface area contributed by atoms with Crippen LogP contribution in [-0.2, 0) is 0 Å². The number of benzene rings is 2. The number of nitrogens with zero attached hydrogens (tertiary/aromatic N) is 1. The molecule has 0 aliphatic rings. The molecule has 2 heteroatoms.